The topological polar surface area (TPSA) is 74.1 Å². The van der Waals surface area contributed by atoms with Gasteiger partial charge in [-0.1, -0.05) is 12.1 Å². The van der Waals surface area contributed by atoms with Gasteiger partial charge in [-0.25, -0.2) is 9.97 Å². The first-order valence-electron chi connectivity index (χ1n) is 10.3. The first-order valence-corrected chi connectivity index (χ1v) is 10.3. The van der Waals surface area contributed by atoms with Crippen LogP contribution in [0.1, 0.15) is 31.1 Å². The summed E-state index contributed by atoms with van der Waals surface area (Å²) in [5.41, 5.74) is 6.51. The van der Waals surface area contributed by atoms with Crippen LogP contribution in [0.2, 0.25) is 0 Å². The summed E-state index contributed by atoms with van der Waals surface area (Å²) in [5, 5.41) is 8.35. The number of nitrogens with one attached hydrogen (secondary N) is 1. The quantitative estimate of drug-likeness (QED) is 0.456. The van der Waals surface area contributed by atoms with Gasteiger partial charge in [0.25, 0.3) is 0 Å². The van der Waals surface area contributed by atoms with Gasteiger partial charge in [-0.05, 0) is 56.7 Å². The van der Waals surface area contributed by atoms with E-state index in [1.807, 2.05) is 41.9 Å². The Hall–Kier alpha value is -3.61. The number of aromatic nitrogens is 4. The fourth-order valence-electron chi connectivity index (χ4n) is 3.62. The summed E-state index contributed by atoms with van der Waals surface area (Å²) in [6.45, 7) is 6.90. The number of anilines is 1. The standard InChI is InChI=1S/C24H27N5O2/c1-15(2)29-23-21(26-14-17-8-10-18(30-4)11-9-17)13-20(27-22(23)16(3)28-29)19-7-6-12-25-24(19)31-5/h6-13,15H,14H2,1-5H3,(H,26,27). The average Bonchev–Trinajstić information content (AvgIpc) is 3.14. The van der Waals surface area contributed by atoms with Crippen LogP contribution in [0.15, 0.2) is 48.7 Å². The molecule has 160 valence electrons. The first-order chi connectivity index (χ1) is 15.0. The number of pyridine rings is 2. The Morgan fingerprint density at radius 3 is 2.52 bits per heavy atom. The number of hydrogen-bond donors (Lipinski definition) is 1. The highest BCUT2D eigenvalue weighted by Gasteiger charge is 2.19. The maximum atomic E-state index is 5.47. The van der Waals surface area contributed by atoms with Gasteiger partial charge in [-0.2, -0.15) is 5.10 Å². The molecule has 0 fully saturated rings. The minimum atomic E-state index is 0.207. The second kappa shape index (κ2) is 8.63. The number of hydrogen-bond acceptors (Lipinski definition) is 6. The zero-order valence-electron chi connectivity index (χ0n) is 18.5. The Balaban J connectivity index is 1.82. The van der Waals surface area contributed by atoms with Crippen molar-refractivity contribution in [1.29, 1.82) is 0 Å². The van der Waals surface area contributed by atoms with E-state index in [4.69, 9.17) is 19.6 Å². The van der Waals surface area contributed by atoms with Crippen LogP contribution >= 0.6 is 0 Å². The third-order valence-electron chi connectivity index (χ3n) is 5.19. The molecule has 0 amide bonds. The predicted molar refractivity (Wildman–Crippen MR) is 123 cm³/mol. The number of ether oxygens (including phenoxy) is 2. The fraction of sp³-hybridized carbons (Fsp3) is 0.292. The van der Waals surface area contributed by atoms with Crippen molar-refractivity contribution < 1.29 is 9.47 Å². The Morgan fingerprint density at radius 1 is 1.06 bits per heavy atom. The third-order valence-corrected chi connectivity index (χ3v) is 5.19. The summed E-state index contributed by atoms with van der Waals surface area (Å²) in [5.74, 6) is 1.39. The summed E-state index contributed by atoms with van der Waals surface area (Å²) in [7, 11) is 3.29. The number of fused-ring (bicyclic) bond motifs is 1. The number of aryl methyl sites for hydroxylation is 1. The number of methoxy groups -OCH3 is 2. The highest BCUT2D eigenvalue weighted by Crippen LogP contribution is 2.34. The molecule has 3 heterocycles. The summed E-state index contributed by atoms with van der Waals surface area (Å²) in [4.78, 5) is 9.27. The van der Waals surface area contributed by atoms with Gasteiger partial charge in [0.1, 0.15) is 16.8 Å². The molecule has 31 heavy (non-hydrogen) atoms. The van der Waals surface area contributed by atoms with E-state index in [1.165, 1.54) is 0 Å². The molecule has 0 aliphatic heterocycles. The van der Waals surface area contributed by atoms with Gasteiger partial charge in [0.15, 0.2) is 0 Å². The van der Waals surface area contributed by atoms with E-state index in [9.17, 15) is 0 Å². The summed E-state index contributed by atoms with van der Waals surface area (Å²) in [6.07, 6.45) is 1.71. The fourth-order valence-corrected chi connectivity index (χ4v) is 3.62. The van der Waals surface area contributed by atoms with Crippen molar-refractivity contribution in [2.75, 3.05) is 19.5 Å². The lowest BCUT2D eigenvalue weighted by atomic mass is 10.1. The van der Waals surface area contributed by atoms with Crippen LogP contribution in [0.25, 0.3) is 22.3 Å². The average molecular weight is 418 g/mol. The molecule has 0 saturated heterocycles. The second-order valence-electron chi connectivity index (χ2n) is 7.64. The van der Waals surface area contributed by atoms with Gasteiger partial charge >= 0.3 is 0 Å². The van der Waals surface area contributed by atoms with E-state index < -0.39 is 0 Å². The molecule has 0 bridgehead atoms. The SMILES string of the molecule is COc1ccc(CNc2cc(-c3cccnc3OC)nc3c(C)nn(C(C)C)c23)cc1. The van der Waals surface area contributed by atoms with Crippen molar-refractivity contribution >= 4 is 16.7 Å². The molecule has 0 atom stereocenters. The van der Waals surface area contributed by atoms with E-state index in [0.29, 0.717) is 12.4 Å². The van der Waals surface area contributed by atoms with Gasteiger partial charge in [0, 0.05) is 18.8 Å². The number of benzene rings is 1. The summed E-state index contributed by atoms with van der Waals surface area (Å²) in [6, 6.07) is 14.2. The van der Waals surface area contributed by atoms with Crippen LogP contribution in [-0.4, -0.2) is 34.0 Å². The molecular weight excluding hydrogens is 390 g/mol. The van der Waals surface area contributed by atoms with Crippen LogP contribution in [0.5, 0.6) is 11.6 Å². The Morgan fingerprint density at radius 2 is 1.84 bits per heavy atom. The molecule has 7 heteroatoms. The van der Waals surface area contributed by atoms with E-state index in [1.54, 1.807) is 20.4 Å². The van der Waals surface area contributed by atoms with Crippen LogP contribution in [-0.2, 0) is 6.54 Å². The van der Waals surface area contributed by atoms with Crippen molar-refractivity contribution in [3.8, 4) is 22.9 Å². The molecule has 0 unspecified atom stereocenters. The van der Waals surface area contributed by atoms with E-state index in [2.05, 4.69) is 36.3 Å². The lowest BCUT2D eigenvalue weighted by Crippen LogP contribution is -2.07. The highest BCUT2D eigenvalue weighted by atomic mass is 16.5. The normalized spacial score (nSPS) is 11.2. The molecule has 0 aliphatic carbocycles. The molecular formula is C24H27N5O2. The maximum absolute atomic E-state index is 5.47. The monoisotopic (exact) mass is 417 g/mol. The summed E-state index contributed by atoms with van der Waals surface area (Å²) < 4.78 is 12.8. The lowest BCUT2D eigenvalue weighted by Gasteiger charge is -2.15. The van der Waals surface area contributed by atoms with Crippen LogP contribution in [0.3, 0.4) is 0 Å². The van der Waals surface area contributed by atoms with Crippen molar-refractivity contribution in [2.45, 2.75) is 33.4 Å². The maximum Gasteiger partial charge on any atom is 0.222 e. The molecule has 3 aromatic heterocycles. The zero-order chi connectivity index (χ0) is 22.0. The smallest absolute Gasteiger partial charge is 0.222 e. The van der Waals surface area contributed by atoms with Gasteiger partial charge in [0.05, 0.1) is 36.9 Å². The third kappa shape index (κ3) is 4.03. The van der Waals surface area contributed by atoms with Gasteiger partial charge < -0.3 is 14.8 Å². The van der Waals surface area contributed by atoms with E-state index in [-0.39, 0.29) is 6.04 Å². The Bertz CT molecular complexity index is 1200. The van der Waals surface area contributed by atoms with Crippen molar-refractivity contribution in [2.24, 2.45) is 0 Å². The van der Waals surface area contributed by atoms with E-state index in [0.717, 1.165) is 45.0 Å². The lowest BCUT2D eigenvalue weighted by molar-refractivity contribution is 0.399. The van der Waals surface area contributed by atoms with E-state index >= 15 is 0 Å². The molecule has 0 aliphatic rings. The molecule has 0 spiro atoms. The number of nitrogens with zero attached hydrogens (tertiary/aromatic N) is 4. The molecule has 0 saturated carbocycles. The Kier molecular flexibility index (Phi) is 5.75. The van der Waals surface area contributed by atoms with Crippen molar-refractivity contribution in [1.82, 2.24) is 19.7 Å². The molecule has 7 nitrogen and oxygen atoms in total. The zero-order valence-corrected chi connectivity index (χ0v) is 18.5. The molecule has 4 aromatic rings. The molecule has 1 aromatic carbocycles. The van der Waals surface area contributed by atoms with Gasteiger partial charge in [-0.3, -0.25) is 4.68 Å². The van der Waals surface area contributed by atoms with Crippen LogP contribution in [0, 0.1) is 6.92 Å². The molecule has 1 N–H and O–H groups in total. The minimum absolute atomic E-state index is 0.207. The largest absolute Gasteiger partial charge is 0.497 e. The Labute approximate surface area is 182 Å². The van der Waals surface area contributed by atoms with Crippen molar-refractivity contribution in [3.63, 3.8) is 0 Å². The summed E-state index contributed by atoms with van der Waals surface area (Å²) >= 11 is 0. The van der Waals surface area contributed by atoms with Crippen LogP contribution in [0.4, 0.5) is 5.69 Å². The van der Waals surface area contributed by atoms with Gasteiger partial charge in [-0.15, -0.1) is 0 Å². The molecule has 4 rings (SSSR count). The van der Waals surface area contributed by atoms with Crippen LogP contribution < -0.4 is 14.8 Å². The first kappa shape index (κ1) is 20.7. The molecule has 0 radical (unpaired) electrons. The highest BCUT2D eigenvalue weighted by molar-refractivity contribution is 5.93. The van der Waals surface area contributed by atoms with Crippen molar-refractivity contribution in [3.05, 3.63) is 59.9 Å². The second-order valence-corrected chi connectivity index (χ2v) is 7.64. The minimum Gasteiger partial charge on any atom is -0.497 e. The predicted octanol–water partition coefficient (Wildman–Crippen LogP) is 5.01. The van der Waals surface area contributed by atoms with Gasteiger partial charge in [0.2, 0.25) is 5.88 Å². The number of rotatable bonds is 7.